The molecular formula is C15H23N3O4. The van der Waals surface area contributed by atoms with Gasteiger partial charge in [0, 0.05) is 31.2 Å². The lowest BCUT2D eigenvalue weighted by atomic mass is 9.99. The minimum atomic E-state index is -1.14. The average Bonchev–Trinajstić information content (AvgIpc) is 3.04. The van der Waals surface area contributed by atoms with Crippen LogP contribution in [0.2, 0.25) is 0 Å². The van der Waals surface area contributed by atoms with Gasteiger partial charge in [-0.1, -0.05) is 12.1 Å². The third-order valence-electron chi connectivity index (χ3n) is 4.57. The minimum absolute atomic E-state index is 0.102. The Balaban J connectivity index is 1.63. The summed E-state index contributed by atoms with van der Waals surface area (Å²) >= 11 is 0. The van der Waals surface area contributed by atoms with Gasteiger partial charge in [-0.25, -0.2) is 0 Å². The van der Waals surface area contributed by atoms with E-state index in [9.17, 15) is 9.90 Å². The maximum absolute atomic E-state index is 12.3. The topological polar surface area (TPSA) is 87.8 Å². The Kier molecular flexibility index (Phi) is 3.96. The van der Waals surface area contributed by atoms with Gasteiger partial charge in [0.1, 0.15) is 0 Å². The predicted octanol–water partition coefficient (Wildman–Crippen LogP) is 0.351. The number of rotatable bonds is 4. The van der Waals surface area contributed by atoms with Crippen LogP contribution in [0.15, 0.2) is 10.6 Å². The highest BCUT2D eigenvalue weighted by Crippen LogP contribution is 2.29. The summed E-state index contributed by atoms with van der Waals surface area (Å²) in [6.07, 6.45) is 0. The van der Waals surface area contributed by atoms with Gasteiger partial charge in [0.25, 0.3) is 5.91 Å². The first-order valence-electron chi connectivity index (χ1n) is 7.71. The predicted molar refractivity (Wildman–Crippen MR) is 78.3 cm³/mol. The smallest absolute Gasteiger partial charge is 0.273 e. The van der Waals surface area contributed by atoms with E-state index < -0.39 is 5.60 Å². The summed E-state index contributed by atoms with van der Waals surface area (Å²) in [5, 5.41) is 16.9. The first-order chi connectivity index (χ1) is 10.4. The van der Waals surface area contributed by atoms with E-state index in [1.807, 2.05) is 0 Å². The van der Waals surface area contributed by atoms with Crippen molar-refractivity contribution in [2.75, 3.05) is 26.3 Å². The molecule has 2 atom stereocenters. The van der Waals surface area contributed by atoms with Gasteiger partial charge in [-0.15, -0.1) is 0 Å². The zero-order chi connectivity index (χ0) is 15.9. The van der Waals surface area contributed by atoms with Crippen molar-refractivity contribution < 1.29 is 19.2 Å². The lowest BCUT2D eigenvalue weighted by Crippen LogP contribution is -2.46. The van der Waals surface area contributed by atoms with Crippen LogP contribution >= 0.6 is 0 Å². The summed E-state index contributed by atoms with van der Waals surface area (Å²) in [5.74, 6) is 0.412. The number of aliphatic hydroxyl groups is 1. The lowest BCUT2D eigenvalue weighted by molar-refractivity contribution is -0.195. The van der Waals surface area contributed by atoms with Gasteiger partial charge in [0.05, 0.1) is 13.2 Å². The van der Waals surface area contributed by atoms with Crippen LogP contribution in [-0.4, -0.2) is 59.5 Å². The fourth-order valence-electron chi connectivity index (χ4n) is 2.90. The van der Waals surface area contributed by atoms with Crippen molar-refractivity contribution in [3.05, 3.63) is 17.5 Å². The SMILES string of the molecule is CC(C)N1C[C@@H](C)[C@@H](NC(=O)c2cc(C3(O)COC3)on2)C1. The largest absolute Gasteiger partial charge is 0.377 e. The van der Waals surface area contributed by atoms with Gasteiger partial charge >= 0.3 is 0 Å². The fourth-order valence-corrected chi connectivity index (χ4v) is 2.90. The normalized spacial score (nSPS) is 27.9. The van der Waals surface area contributed by atoms with Crippen LogP contribution < -0.4 is 5.32 Å². The van der Waals surface area contributed by atoms with E-state index in [0.717, 1.165) is 13.1 Å². The Morgan fingerprint density at radius 1 is 1.50 bits per heavy atom. The third-order valence-corrected chi connectivity index (χ3v) is 4.57. The van der Waals surface area contributed by atoms with E-state index in [4.69, 9.17) is 9.26 Å². The summed E-state index contributed by atoms with van der Waals surface area (Å²) in [5.41, 5.74) is -0.939. The van der Waals surface area contributed by atoms with Gasteiger partial charge in [-0.05, 0) is 19.8 Å². The highest BCUT2D eigenvalue weighted by atomic mass is 16.6. The summed E-state index contributed by atoms with van der Waals surface area (Å²) in [6, 6.07) is 2.07. The number of hydrogen-bond donors (Lipinski definition) is 2. The third kappa shape index (κ3) is 2.76. The number of ether oxygens (including phenoxy) is 1. The zero-order valence-corrected chi connectivity index (χ0v) is 13.2. The molecule has 2 fully saturated rings. The van der Waals surface area contributed by atoms with Crippen LogP contribution in [0, 0.1) is 5.92 Å². The molecule has 0 spiro atoms. The van der Waals surface area contributed by atoms with Crippen molar-refractivity contribution in [2.45, 2.75) is 38.5 Å². The van der Waals surface area contributed by atoms with Crippen molar-refractivity contribution >= 4 is 5.91 Å². The van der Waals surface area contributed by atoms with E-state index in [2.05, 4.69) is 36.1 Å². The highest BCUT2D eigenvalue weighted by molar-refractivity contribution is 5.92. The van der Waals surface area contributed by atoms with Crippen LogP contribution in [0.25, 0.3) is 0 Å². The molecule has 0 saturated carbocycles. The molecule has 7 nitrogen and oxygen atoms in total. The van der Waals surface area contributed by atoms with E-state index >= 15 is 0 Å². The van der Waals surface area contributed by atoms with Crippen molar-refractivity contribution in [1.29, 1.82) is 0 Å². The van der Waals surface area contributed by atoms with Gasteiger partial charge in [-0.2, -0.15) is 0 Å². The molecule has 0 radical (unpaired) electrons. The zero-order valence-electron chi connectivity index (χ0n) is 13.2. The van der Waals surface area contributed by atoms with Crippen molar-refractivity contribution in [3.63, 3.8) is 0 Å². The first kappa shape index (κ1) is 15.5. The molecule has 3 rings (SSSR count). The Hall–Kier alpha value is -1.44. The molecule has 1 aromatic heterocycles. The molecule has 3 heterocycles. The number of amides is 1. The molecule has 122 valence electrons. The first-order valence-corrected chi connectivity index (χ1v) is 7.71. The van der Waals surface area contributed by atoms with E-state index in [-0.39, 0.29) is 36.6 Å². The Morgan fingerprint density at radius 2 is 2.23 bits per heavy atom. The summed E-state index contributed by atoms with van der Waals surface area (Å²) in [4.78, 5) is 14.6. The van der Waals surface area contributed by atoms with Crippen molar-refractivity contribution in [1.82, 2.24) is 15.4 Å². The number of aromatic nitrogens is 1. The van der Waals surface area contributed by atoms with Crippen LogP contribution in [0.5, 0.6) is 0 Å². The van der Waals surface area contributed by atoms with Crippen LogP contribution in [0.4, 0.5) is 0 Å². The van der Waals surface area contributed by atoms with Gasteiger partial charge < -0.3 is 19.7 Å². The fraction of sp³-hybridized carbons (Fsp3) is 0.733. The second kappa shape index (κ2) is 5.64. The minimum Gasteiger partial charge on any atom is -0.377 e. The molecule has 22 heavy (non-hydrogen) atoms. The number of hydrogen-bond acceptors (Lipinski definition) is 6. The Labute approximate surface area is 129 Å². The van der Waals surface area contributed by atoms with Gasteiger partial charge in [0.2, 0.25) is 0 Å². The average molecular weight is 309 g/mol. The molecule has 2 saturated heterocycles. The molecule has 1 amide bonds. The molecule has 2 aliphatic heterocycles. The monoisotopic (exact) mass is 309 g/mol. The van der Waals surface area contributed by atoms with E-state index in [1.165, 1.54) is 6.07 Å². The summed E-state index contributed by atoms with van der Waals surface area (Å²) in [6.45, 7) is 8.61. The lowest BCUT2D eigenvalue weighted by Gasteiger charge is -2.33. The van der Waals surface area contributed by atoms with Crippen molar-refractivity contribution in [2.24, 2.45) is 5.92 Å². The number of carbonyl (C=O) groups is 1. The molecule has 0 aliphatic carbocycles. The molecule has 2 aliphatic rings. The molecule has 2 N–H and O–H groups in total. The summed E-state index contributed by atoms with van der Waals surface area (Å²) in [7, 11) is 0. The Morgan fingerprint density at radius 3 is 2.77 bits per heavy atom. The number of nitrogens with one attached hydrogen (secondary N) is 1. The maximum atomic E-state index is 12.3. The Bertz CT molecular complexity index is 553. The second-order valence-corrected chi connectivity index (χ2v) is 6.71. The molecule has 0 unspecified atom stereocenters. The molecule has 0 bridgehead atoms. The highest BCUT2D eigenvalue weighted by Gasteiger charge is 2.42. The molecule has 1 aromatic rings. The van der Waals surface area contributed by atoms with Crippen LogP contribution in [0.1, 0.15) is 37.0 Å². The number of nitrogens with zero attached hydrogens (tertiary/aromatic N) is 2. The van der Waals surface area contributed by atoms with Gasteiger partial charge in [0.15, 0.2) is 17.1 Å². The second-order valence-electron chi connectivity index (χ2n) is 6.71. The van der Waals surface area contributed by atoms with E-state index in [0.29, 0.717) is 12.0 Å². The molecule has 7 heteroatoms. The standard InChI is InChI=1S/C15H23N3O4/c1-9(2)18-5-10(3)12(6-18)16-14(19)11-4-13(22-17-11)15(20)7-21-8-15/h4,9-10,12,20H,5-8H2,1-3H3,(H,16,19)/t10-,12+/m1/s1. The van der Waals surface area contributed by atoms with Crippen molar-refractivity contribution in [3.8, 4) is 0 Å². The number of carbonyl (C=O) groups excluding carboxylic acids is 1. The van der Waals surface area contributed by atoms with E-state index in [1.54, 1.807) is 0 Å². The molecular weight excluding hydrogens is 286 g/mol. The number of likely N-dealkylation sites (tertiary alicyclic amines) is 1. The van der Waals surface area contributed by atoms with Gasteiger partial charge in [-0.3, -0.25) is 9.69 Å². The maximum Gasteiger partial charge on any atom is 0.273 e. The summed E-state index contributed by atoms with van der Waals surface area (Å²) < 4.78 is 10.1. The van der Waals surface area contributed by atoms with Crippen LogP contribution in [0.3, 0.4) is 0 Å². The quantitative estimate of drug-likeness (QED) is 0.834. The molecule has 0 aromatic carbocycles. The van der Waals surface area contributed by atoms with Crippen LogP contribution in [-0.2, 0) is 10.3 Å².